The normalized spacial score (nSPS) is 25.2. The molecule has 0 aliphatic carbocycles. The van der Waals surface area contributed by atoms with Gasteiger partial charge in [0.1, 0.15) is 6.04 Å². The van der Waals surface area contributed by atoms with Crippen LogP contribution in [0.15, 0.2) is 29.4 Å². The van der Waals surface area contributed by atoms with Crippen molar-refractivity contribution in [1.82, 2.24) is 20.2 Å². The van der Waals surface area contributed by atoms with Crippen molar-refractivity contribution in [1.29, 1.82) is 0 Å². The molecule has 3 aliphatic heterocycles. The molecule has 0 bridgehead atoms. The number of nitrogens with zero attached hydrogens (tertiary/aromatic N) is 4. The van der Waals surface area contributed by atoms with Crippen LogP contribution in [0.4, 0.5) is 13.2 Å². The zero-order valence-electron chi connectivity index (χ0n) is 16.6. The third-order valence-electron chi connectivity index (χ3n) is 6.37. The summed E-state index contributed by atoms with van der Waals surface area (Å²) < 4.78 is 46.1. The van der Waals surface area contributed by atoms with E-state index in [2.05, 4.69) is 15.6 Å². The van der Waals surface area contributed by atoms with Gasteiger partial charge < -0.3 is 4.74 Å². The fourth-order valence-corrected chi connectivity index (χ4v) is 4.27. The lowest BCUT2D eigenvalue weighted by molar-refractivity contribution is -0.183. The number of halogens is 3. The van der Waals surface area contributed by atoms with Crippen LogP contribution in [0, 0.1) is 5.92 Å². The first kappa shape index (κ1) is 19.8. The van der Waals surface area contributed by atoms with Crippen molar-refractivity contribution in [2.75, 3.05) is 26.3 Å². The highest BCUT2D eigenvalue weighted by Crippen LogP contribution is 2.31. The molecule has 2 atom stereocenters. The standard InChI is InChI=1S/C20H24F3N5O2/c1-12(20(21,22)23)27-6-4-13(5-7-27)19-25-18(26-30-19)14-2-3-15-9-24-28(17(15)8-14)16-10-29-11-16/h2-3,8-9,12-13,16,19H,4-7,10-11H2,1H3,(H,25,26). The number of ether oxygens (including phenoxy) is 1. The van der Waals surface area contributed by atoms with Gasteiger partial charge >= 0.3 is 6.18 Å². The van der Waals surface area contributed by atoms with Crippen molar-refractivity contribution < 1.29 is 22.7 Å². The number of amidine groups is 1. The Labute approximate surface area is 171 Å². The minimum atomic E-state index is -4.19. The van der Waals surface area contributed by atoms with Crippen molar-refractivity contribution in [3.05, 3.63) is 30.0 Å². The molecule has 7 nitrogen and oxygen atoms in total. The first-order valence-electron chi connectivity index (χ1n) is 10.3. The van der Waals surface area contributed by atoms with Crippen LogP contribution < -0.4 is 5.48 Å². The molecule has 0 radical (unpaired) electrons. The van der Waals surface area contributed by atoms with E-state index in [0.29, 0.717) is 45.0 Å². The molecule has 4 heterocycles. The highest BCUT2D eigenvalue weighted by molar-refractivity contribution is 6.01. The Hall–Kier alpha value is -2.17. The van der Waals surface area contributed by atoms with Crippen LogP contribution in [0.2, 0.25) is 0 Å². The van der Waals surface area contributed by atoms with Gasteiger partial charge in [-0.25, -0.2) is 15.3 Å². The van der Waals surface area contributed by atoms with E-state index in [4.69, 9.17) is 9.57 Å². The maximum absolute atomic E-state index is 13.0. The minimum absolute atomic E-state index is 0.0908. The summed E-state index contributed by atoms with van der Waals surface area (Å²) in [5.41, 5.74) is 4.83. The largest absolute Gasteiger partial charge is 0.403 e. The van der Waals surface area contributed by atoms with Gasteiger partial charge in [-0.3, -0.25) is 9.58 Å². The summed E-state index contributed by atoms with van der Waals surface area (Å²) in [6, 6.07) is 4.84. The second-order valence-corrected chi connectivity index (χ2v) is 8.23. The number of nitrogens with one attached hydrogen (secondary N) is 1. The maximum atomic E-state index is 13.0. The summed E-state index contributed by atoms with van der Waals surface area (Å²) in [4.78, 5) is 11.9. The summed E-state index contributed by atoms with van der Waals surface area (Å²) in [5.74, 6) is 0.735. The van der Waals surface area contributed by atoms with Gasteiger partial charge in [-0.05, 0) is 38.9 Å². The van der Waals surface area contributed by atoms with Crippen LogP contribution in [0.3, 0.4) is 0 Å². The maximum Gasteiger partial charge on any atom is 0.403 e. The number of hydrogen-bond donors (Lipinski definition) is 1. The zero-order valence-corrected chi connectivity index (χ0v) is 16.6. The second kappa shape index (κ2) is 7.51. The Balaban J connectivity index is 1.28. The fraction of sp³-hybridized carbons (Fsp3) is 0.600. The average molecular weight is 423 g/mol. The van der Waals surface area contributed by atoms with Crippen LogP contribution in [0.5, 0.6) is 0 Å². The van der Waals surface area contributed by atoms with Crippen LogP contribution in [-0.2, 0) is 9.57 Å². The average Bonchev–Trinajstić information content (AvgIpc) is 3.33. The molecular weight excluding hydrogens is 399 g/mol. The van der Waals surface area contributed by atoms with Gasteiger partial charge in [-0.1, -0.05) is 12.1 Å². The van der Waals surface area contributed by atoms with E-state index in [-0.39, 0.29) is 18.2 Å². The third kappa shape index (κ3) is 3.57. The predicted molar refractivity (Wildman–Crippen MR) is 104 cm³/mol. The molecule has 2 aromatic rings. The van der Waals surface area contributed by atoms with Gasteiger partial charge in [0.05, 0.1) is 31.0 Å². The first-order valence-corrected chi connectivity index (χ1v) is 10.3. The fourth-order valence-electron chi connectivity index (χ4n) is 4.27. The number of hydroxylamine groups is 1. The molecule has 5 rings (SSSR count). The van der Waals surface area contributed by atoms with Crippen LogP contribution in [0.25, 0.3) is 10.9 Å². The van der Waals surface area contributed by atoms with Crippen LogP contribution in [-0.4, -0.2) is 65.3 Å². The Morgan fingerprint density at radius 3 is 2.63 bits per heavy atom. The SMILES string of the molecule is CC(N1CCC(C2N=C(c3ccc4cnn(C5COC5)c4c3)NO2)CC1)C(F)(F)F. The number of likely N-dealkylation sites (tertiary alicyclic amines) is 1. The van der Waals surface area contributed by atoms with E-state index in [1.165, 1.54) is 11.8 Å². The summed E-state index contributed by atoms with van der Waals surface area (Å²) >= 11 is 0. The lowest BCUT2D eigenvalue weighted by Gasteiger charge is -2.37. The van der Waals surface area contributed by atoms with Gasteiger partial charge in [0, 0.05) is 16.9 Å². The number of aromatic nitrogens is 2. The van der Waals surface area contributed by atoms with Gasteiger partial charge in [0.15, 0.2) is 12.1 Å². The molecule has 1 aromatic heterocycles. The van der Waals surface area contributed by atoms with E-state index >= 15 is 0 Å². The summed E-state index contributed by atoms with van der Waals surface area (Å²) in [6.07, 6.45) is -1.49. The zero-order chi connectivity index (χ0) is 20.9. The molecule has 0 spiro atoms. The number of benzene rings is 1. The van der Waals surface area contributed by atoms with E-state index in [9.17, 15) is 13.2 Å². The van der Waals surface area contributed by atoms with E-state index in [0.717, 1.165) is 16.5 Å². The summed E-state index contributed by atoms with van der Waals surface area (Å²) in [6.45, 7) is 3.34. The minimum Gasteiger partial charge on any atom is -0.377 e. The molecule has 2 saturated heterocycles. The molecule has 3 aliphatic rings. The van der Waals surface area contributed by atoms with Crippen LogP contribution in [0.1, 0.15) is 31.4 Å². The van der Waals surface area contributed by atoms with Gasteiger partial charge in [0.2, 0.25) is 0 Å². The van der Waals surface area contributed by atoms with Crippen molar-refractivity contribution in [3.63, 3.8) is 0 Å². The number of alkyl halides is 3. The molecule has 0 saturated carbocycles. The topological polar surface area (TPSA) is 63.9 Å². The third-order valence-corrected chi connectivity index (χ3v) is 6.37. The molecule has 2 unspecified atom stereocenters. The molecule has 0 amide bonds. The Morgan fingerprint density at radius 2 is 1.97 bits per heavy atom. The lowest BCUT2D eigenvalue weighted by Crippen LogP contribution is -2.48. The van der Waals surface area contributed by atoms with Crippen molar-refractivity contribution in [3.8, 4) is 0 Å². The molecule has 2 fully saturated rings. The number of aliphatic imine (C=N–C) groups is 1. The Bertz CT molecular complexity index is 948. The molecule has 10 heteroatoms. The summed E-state index contributed by atoms with van der Waals surface area (Å²) in [5, 5.41) is 5.52. The first-order chi connectivity index (χ1) is 14.4. The quantitative estimate of drug-likeness (QED) is 0.820. The highest BCUT2D eigenvalue weighted by Gasteiger charge is 2.42. The molecule has 162 valence electrons. The van der Waals surface area contributed by atoms with Gasteiger partial charge in [-0.2, -0.15) is 18.3 Å². The van der Waals surface area contributed by atoms with Crippen molar-refractivity contribution >= 4 is 16.7 Å². The second-order valence-electron chi connectivity index (χ2n) is 8.23. The Morgan fingerprint density at radius 1 is 1.20 bits per heavy atom. The van der Waals surface area contributed by atoms with E-state index in [1.54, 1.807) is 0 Å². The highest BCUT2D eigenvalue weighted by atomic mass is 19.4. The van der Waals surface area contributed by atoms with Gasteiger partial charge in [-0.15, -0.1) is 0 Å². The molecule has 30 heavy (non-hydrogen) atoms. The van der Waals surface area contributed by atoms with Crippen molar-refractivity contribution in [2.45, 2.75) is 44.3 Å². The van der Waals surface area contributed by atoms with Gasteiger partial charge in [0.25, 0.3) is 0 Å². The number of piperidine rings is 1. The summed E-state index contributed by atoms with van der Waals surface area (Å²) in [7, 11) is 0. The Kier molecular flexibility index (Phi) is 4.95. The smallest absolute Gasteiger partial charge is 0.377 e. The van der Waals surface area contributed by atoms with Crippen LogP contribution >= 0.6 is 0 Å². The molecule has 1 N–H and O–H groups in total. The number of hydrogen-bond acceptors (Lipinski definition) is 6. The molecular formula is C20H24F3N5O2. The monoisotopic (exact) mass is 423 g/mol. The van der Waals surface area contributed by atoms with E-state index < -0.39 is 12.2 Å². The van der Waals surface area contributed by atoms with Crippen molar-refractivity contribution in [2.24, 2.45) is 10.9 Å². The van der Waals surface area contributed by atoms with E-state index in [1.807, 2.05) is 29.1 Å². The predicted octanol–water partition coefficient (Wildman–Crippen LogP) is 2.88. The number of rotatable bonds is 4. The molecule has 1 aromatic carbocycles. The lowest BCUT2D eigenvalue weighted by atomic mass is 9.94. The number of fused-ring (bicyclic) bond motifs is 1.